The van der Waals surface area contributed by atoms with Crippen molar-refractivity contribution >= 4 is 54.8 Å². The van der Waals surface area contributed by atoms with E-state index in [0.717, 1.165) is 20.2 Å². The van der Waals surface area contributed by atoms with Crippen LogP contribution < -0.4 is 11.1 Å². The van der Waals surface area contributed by atoms with Gasteiger partial charge in [0, 0.05) is 26.2 Å². The van der Waals surface area contributed by atoms with Crippen LogP contribution in [0.4, 0.5) is 5.69 Å². The molecule has 0 saturated carbocycles. The van der Waals surface area contributed by atoms with E-state index in [0.29, 0.717) is 4.99 Å². The normalized spacial score (nSPS) is 11.9. The number of hydrogen-bond acceptors (Lipinski definition) is 2. The summed E-state index contributed by atoms with van der Waals surface area (Å²) in [4.78, 5) is 0.376. The summed E-state index contributed by atoms with van der Waals surface area (Å²) in [5.74, 6) is 0. The topological polar surface area (TPSA) is 38.0 Å². The van der Waals surface area contributed by atoms with Crippen LogP contribution in [0.15, 0.2) is 51.4 Å². The van der Waals surface area contributed by atoms with Crippen molar-refractivity contribution in [1.29, 1.82) is 0 Å². The van der Waals surface area contributed by atoms with E-state index in [1.807, 2.05) is 30.3 Å². The Hall–Kier alpha value is -0.910. The molecular weight excluding hydrogens is 400 g/mol. The Morgan fingerprint density at radius 1 is 1.20 bits per heavy atom. The van der Waals surface area contributed by atoms with Gasteiger partial charge in [0.05, 0.1) is 0 Å². The van der Waals surface area contributed by atoms with Crippen molar-refractivity contribution in [3.05, 3.63) is 62.5 Å². The maximum absolute atomic E-state index is 5.81. The molecule has 5 heteroatoms. The molecule has 1 unspecified atom stereocenters. The van der Waals surface area contributed by atoms with Gasteiger partial charge < -0.3 is 11.1 Å². The Balaban J connectivity index is 2.30. The lowest BCUT2D eigenvalue weighted by Crippen LogP contribution is -2.15. The van der Waals surface area contributed by atoms with E-state index in [2.05, 4.69) is 56.2 Å². The summed E-state index contributed by atoms with van der Waals surface area (Å²) in [6.45, 7) is 2.10. The van der Waals surface area contributed by atoms with Crippen molar-refractivity contribution in [3.63, 3.8) is 0 Å². The van der Waals surface area contributed by atoms with E-state index < -0.39 is 0 Å². The molecule has 0 amide bonds. The van der Waals surface area contributed by atoms with Crippen molar-refractivity contribution in [1.82, 2.24) is 0 Å². The van der Waals surface area contributed by atoms with Crippen LogP contribution in [0.5, 0.6) is 0 Å². The number of nitrogens with one attached hydrogen (secondary N) is 1. The van der Waals surface area contributed by atoms with Crippen molar-refractivity contribution in [2.45, 2.75) is 13.0 Å². The number of thiocarbonyl (C=S) groups is 1. The number of nitrogens with two attached hydrogens (primary N) is 1. The molecule has 2 nitrogen and oxygen atoms in total. The van der Waals surface area contributed by atoms with Crippen molar-refractivity contribution in [2.75, 3.05) is 5.32 Å². The minimum Gasteiger partial charge on any atom is -0.389 e. The molecular formula is C15H14Br2N2S. The van der Waals surface area contributed by atoms with Gasteiger partial charge in [-0.3, -0.25) is 0 Å². The molecule has 0 aromatic heterocycles. The third-order valence-electron chi connectivity index (χ3n) is 2.98. The van der Waals surface area contributed by atoms with Gasteiger partial charge in [0.15, 0.2) is 0 Å². The number of halogens is 2. The maximum Gasteiger partial charge on any atom is 0.107 e. The second-order valence-electron chi connectivity index (χ2n) is 4.45. The predicted octanol–water partition coefficient (Wildman–Crippen LogP) is 5.02. The molecule has 20 heavy (non-hydrogen) atoms. The van der Waals surface area contributed by atoms with Gasteiger partial charge in [0.1, 0.15) is 4.99 Å². The Bertz CT molecular complexity index is 644. The summed E-state index contributed by atoms with van der Waals surface area (Å²) >= 11 is 12.1. The second-order valence-corrected chi connectivity index (χ2v) is 6.66. The lowest BCUT2D eigenvalue weighted by molar-refractivity contribution is 0.883. The number of anilines is 1. The first-order chi connectivity index (χ1) is 9.49. The monoisotopic (exact) mass is 412 g/mol. The fraction of sp³-hybridized carbons (Fsp3) is 0.133. The molecule has 2 aromatic carbocycles. The van der Waals surface area contributed by atoms with Gasteiger partial charge in [-0.2, -0.15) is 0 Å². The van der Waals surface area contributed by atoms with E-state index in [4.69, 9.17) is 18.0 Å². The Morgan fingerprint density at radius 3 is 2.55 bits per heavy atom. The van der Waals surface area contributed by atoms with E-state index in [9.17, 15) is 0 Å². The minimum atomic E-state index is 0.148. The lowest BCUT2D eigenvalue weighted by Gasteiger charge is -2.19. The van der Waals surface area contributed by atoms with Crippen LogP contribution in [-0.2, 0) is 0 Å². The molecule has 2 aromatic rings. The molecule has 0 aliphatic carbocycles. The van der Waals surface area contributed by atoms with Crippen molar-refractivity contribution < 1.29 is 0 Å². The summed E-state index contributed by atoms with van der Waals surface area (Å²) in [5.41, 5.74) is 8.76. The van der Waals surface area contributed by atoms with Crippen LogP contribution in [-0.4, -0.2) is 4.99 Å². The van der Waals surface area contributed by atoms with Gasteiger partial charge >= 0.3 is 0 Å². The molecule has 0 bridgehead atoms. The van der Waals surface area contributed by atoms with E-state index in [-0.39, 0.29) is 6.04 Å². The molecule has 104 valence electrons. The smallest absolute Gasteiger partial charge is 0.107 e. The molecule has 0 aliphatic heterocycles. The second kappa shape index (κ2) is 6.70. The number of hydrogen-bond donors (Lipinski definition) is 2. The van der Waals surface area contributed by atoms with E-state index in [1.165, 1.54) is 5.56 Å². The molecule has 0 radical (unpaired) electrons. The highest BCUT2D eigenvalue weighted by molar-refractivity contribution is 9.10. The van der Waals surface area contributed by atoms with E-state index >= 15 is 0 Å². The fourth-order valence-electron chi connectivity index (χ4n) is 1.99. The summed E-state index contributed by atoms with van der Waals surface area (Å²) in [6, 6.07) is 14.2. The maximum atomic E-state index is 5.81. The highest BCUT2D eigenvalue weighted by Gasteiger charge is 2.12. The summed E-state index contributed by atoms with van der Waals surface area (Å²) in [6.07, 6.45) is 0. The third kappa shape index (κ3) is 3.59. The highest BCUT2D eigenvalue weighted by atomic mass is 79.9. The fourth-order valence-corrected chi connectivity index (χ4v) is 3.34. The first-order valence-corrected chi connectivity index (χ1v) is 8.09. The molecule has 1 atom stereocenters. The Labute approximate surface area is 141 Å². The van der Waals surface area contributed by atoms with Crippen LogP contribution in [0.3, 0.4) is 0 Å². The predicted molar refractivity (Wildman–Crippen MR) is 96.2 cm³/mol. The van der Waals surface area contributed by atoms with Gasteiger partial charge in [-0.05, 0) is 52.7 Å². The van der Waals surface area contributed by atoms with Crippen molar-refractivity contribution in [3.8, 4) is 0 Å². The summed E-state index contributed by atoms with van der Waals surface area (Å²) < 4.78 is 1.96. The molecule has 0 spiro atoms. The van der Waals surface area contributed by atoms with Gasteiger partial charge in [-0.25, -0.2) is 0 Å². The SMILES string of the molecule is CC(Nc1cccc(Br)c1C(N)=S)c1cccc(Br)c1. The summed E-state index contributed by atoms with van der Waals surface area (Å²) in [5, 5.41) is 3.46. The van der Waals surface area contributed by atoms with Crippen LogP contribution in [0.25, 0.3) is 0 Å². The molecule has 3 N–H and O–H groups in total. The van der Waals surface area contributed by atoms with Crippen LogP contribution >= 0.6 is 44.1 Å². The molecule has 0 aliphatic rings. The number of benzene rings is 2. The average molecular weight is 414 g/mol. The average Bonchev–Trinajstić information content (AvgIpc) is 2.38. The van der Waals surface area contributed by atoms with Crippen LogP contribution in [0, 0.1) is 0 Å². The van der Waals surface area contributed by atoms with Gasteiger partial charge in [-0.15, -0.1) is 0 Å². The zero-order valence-electron chi connectivity index (χ0n) is 10.9. The lowest BCUT2D eigenvalue weighted by atomic mass is 10.1. The van der Waals surface area contributed by atoms with E-state index in [1.54, 1.807) is 0 Å². The molecule has 0 saturated heterocycles. The highest BCUT2D eigenvalue weighted by Crippen LogP contribution is 2.28. The quantitative estimate of drug-likeness (QED) is 0.691. The number of rotatable bonds is 4. The Morgan fingerprint density at radius 2 is 1.90 bits per heavy atom. The summed E-state index contributed by atoms with van der Waals surface area (Å²) in [7, 11) is 0. The third-order valence-corrected chi connectivity index (χ3v) is 4.34. The molecule has 0 heterocycles. The van der Waals surface area contributed by atoms with Gasteiger partial charge in [-0.1, -0.05) is 46.3 Å². The standard InChI is InChI=1S/C15H14Br2N2S/c1-9(10-4-2-5-11(16)8-10)19-13-7-3-6-12(17)14(13)15(18)20/h2-9,19H,1H3,(H2,18,20). The first kappa shape index (κ1) is 15.5. The van der Waals surface area contributed by atoms with Gasteiger partial charge in [0.2, 0.25) is 0 Å². The van der Waals surface area contributed by atoms with Crippen LogP contribution in [0.2, 0.25) is 0 Å². The molecule has 0 fully saturated rings. The molecule has 2 rings (SSSR count). The van der Waals surface area contributed by atoms with Crippen molar-refractivity contribution in [2.24, 2.45) is 5.73 Å². The Kier molecular flexibility index (Phi) is 5.18. The minimum absolute atomic E-state index is 0.148. The largest absolute Gasteiger partial charge is 0.389 e. The first-order valence-electron chi connectivity index (χ1n) is 6.09. The van der Waals surface area contributed by atoms with Crippen LogP contribution in [0.1, 0.15) is 24.1 Å². The zero-order chi connectivity index (χ0) is 14.7. The zero-order valence-corrected chi connectivity index (χ0v) is 14.8. The van der Waals surface area contributed by atoms with Gasteiger partial charge in [0.25, 0.3) is 0 Å².